The van der Waals surface area contributed by atoms with Crippen LogP contribution in [0.5, 0.6) is 0 Å². The molecule has 0 saturated heterocycles. The van der Waals surface area contributed by atoms with Crippen LogP contribution in [0.2, 0.25) is 0 Å². The van der Waals surface area contributed by atoms with E-state index in [-0.39, 0.29) is 23.9 Å². The van der Waals surface area contributed by atoms with Gasteiger partial charge < -0.3 is 10.5 Å². The summed E-state index contributed by atoms with van der Waals surface area (Å²) >= 11 is 0. The molecular formula is C13H19F2NO. The van der Waals surface area contributed by atoms with Crippen molar-refractivity contribution in [3.63, 3.8) is 0 Å². The van der Waals surface area contributed by atoms with E-state index in [0.717, 1.165) is 0 Å². The van der Waals surface area contributed by atoms with Gasteiger partial charge in [0.15, 0.2) is 0 Å². The van der Waals surface area contributed by atoms with Gasteiger partial charge in [0.25, 0.3) is 0 Å². The van der Waals surface area contributed by atoms with Crippen LogP contribution in [-0.2, 0) is 11.2 Å². The van der Waals surface area contributed by atoms with Crippen molar-refractivity contribution in [1.82, 2.24) is 0 Å². The number of hydrogen-bond donors (Lipinski definition) is 1. The average molecular weight is 243 g/mol. The summed E-state index contributed by atoms with van der Waals surface area (Å²) in [4.78, 5) is 0. The molecule has 0 bridgehead atoms. The van der Waals surface area contributed by atoms with E-state index in [0.29, 0.717) is 13.0 Å². The molecule has 0 amide bonds. The van der Waals surface area contributed by atoms with Crippen LogP contribution in [-0.4, -0.2) is 19.8 Å². The van der Waals surface area contributed by atoms with Gasteiger partial charge >= 0.3 is 0 Å². The summed E-state index contributed by atoms with van der Waals surface area (Å²) < 4.78 is 31.8. The molecule has 0 saturated carbocycles. The monoisotopic (exact) mass is 243 g/mol. The molecule has 0 fully saturated rings. The van der Waals surface area contributed by atoms with Gasteiger partial charge in [-0.05, 0) is 30.9 Å². The fourth-order valence-electron chi connectivity index (χ4n) is 1.94. The number of halogens is 2. The van der Waals surface area contributed by atoms with Crippen LogP contribution in [0.15, 0.2) is 18.2 Å². The molecule has 1 aromatic rings. The topological polar surface area (TPSA) is 35.2 Å². The predicted octanol–water partition coefficient (Wildman–Crippen LogP) is 2.51. The van der Waals surface area contributed by atoms with Gasteiger partial charge in [0.2, 0.25) is 0 Å². The molecule has 0 aliphatic carbocycles. The highest BCUT2D eigenvalue weighted by Crippen LogP contribution is 2.16. The minimum atomic E-state index is -0.528. The van der Waals surface area contributed by atoms with Crippen LogP contribution in [0.1, 0.15) is 18.9 Å². The molecule has 96 valence electrons. The van der Waals surface area contributed by atoms with Crippen molar-refractivity contribution in [2.45, 2.75) is 25.8 Å². The molecule has 2 nitrogen and oxygen atoms in total. The van der Waals surface area contributed by atoms with Crippen molar-refractivity contribution in [3.05, 3.63) is 35.4 Å². The van der Waals surface area contributed by atoms with Gasteiger partial charge in [0.1, 0.15) is 11.6 Å². The Kier molecular flexibility index (Phi) is 5.51. The molecule has 0 aliphatic heterocycles. The largest absolute Gasteiger partial charge is 0.384 e. The van der Waals surface area contributed by atoms with E-state index in [2.05, 4.69) is 0 Å². The maximum absolute atomic E-state index is 13.4. The van der Waals surface area contributed by atoms with Gasteiger partial charge in [-0.25, -0.2) is 8.78 Å². The number of benzene rings is 1. The molecule has 0 heterocycles. The lowest BCUT2D eigenvalue weighted by Crippen LogP contribution is -2.27. The van der Waals surface area contributed by atoms with Gasteiger partial charge in [-0.1, -0.05) is 13.0 Å². The summed E-state index contributed by atoms with van der Waals surface area (Å²) in [6.07, 6.45) is 0.897. The quantitative estimate of drug-likeness (QED) is 0.833. The molecule has 17 heavy (non-hydrogen) atoms. The van der Waals surface area contributed by atoms with Crippen molar-refractivity contribution in [1.29, 1.82) is 0 Å². The van der Waals surface area contributed by atoms with Crippen LogP contribution in [0.3, 0.4) is 0 Å². The van der Waals surface area contributed by atoms with Gasteiger partial charge in [0, 0.05) is 25.3 Å². The smallest absolute Gasteiger partial charge is 0.129 e. The molecule has 0 spiro atoms. The van der Waals surface area contributed by atoms with Gasteiger partial charge in [-0.2, -0.15) is 0 Å². The number of ether oxygens (including phenoxy) is 1. The molecule has 0 radical (unpaired) electrons. The van der Waals surface area contributed by atoms with Gasteiger partial charge in [0.05, 0.1) is 0 Å². The first kappa shape index (κ1) is 14.1. The summed E-state index contributed by atoms with van der Waals surface area (Å²) in [6.45, 7) is 2.61. The number of nitrogens with two attached hydrogens (primary N) is 1. The van der Waals surface area contributed by atoms with Crippen molar-refractivity contribution in [2.24, 2.45) is 11.7 Å². The second kappa shape index (κ2) is 6.67. The fraction of sp³-hybridized carbons (Fsp3) is 0.538. The Morgan fingerprint density at radius 3 is 2.41 bits per heavy atom. The van der Waals surface area contributed by atoms with Crippen molar-refractivity contribution >= 4 is 0 Å². The second-order valence-corrected chi connectivity index (χ2v) is 4.46. The maximum Gasteiger partial charge on any atom is 0.129 e. The van der Waals surface area contributed by atoms with E-state index in [1.807, 2.05) is 6.92 Å². The SMILES string of the molecule is COCC(C)CC(N)Cc1c(F)cccc1F. The Morgan fingerprint density at radius 2 is 1.88 bits per heavy atom. The summed E-state index contributed by atoms with van der Waals surface area (Å²) in [5, 5.41) is 0. The fourth-order valence-corrected chi connectivity index (χ4v) is 1.94. The Balaban J connectivity index is 2.59. The first-order valence-electron chi connectivity index (χ1n) is 5.72. The highest BCUT2D eigenvalue weighted by atomic mass is 19.1. The van der Waals surface area contributed by atoms with E-state index in [1.54, 1.807) is 7.11 Å². The van der Waals surface area contributed by atoms with Crippen LogP contribution < -0.4 is 5.73 Å². The maximum atomic E-state index is 13.4. The highest BCUT2D eigenvalue weighted by Gasteiger charge is 2.15. The lowest BCUT2D eigenvalue weighted by Gasteiger charge is -2.17. The zero-order valence-electron chi connectivity index (χ0n) is 10.2. The summed E-state index contributed by atoms with van der Waals surface area (Å²) in [6, 6.07) is 3.60. The third-order valence-corrected chi connectivity index (χ3v) is 2.68. The van der Waals surface area contributed by atoms with E-state index in [4.69, 9.17) is 10.5 Å². The molecule has 2 unspecified atom stereocenters. The Bertz CT molecular complexity index is 337. The number of methoxy groups -OCH3 is 1. The molecule has 2 N–H and O–H groups in total. The molecule has 0 aromatic heterocycles. The zero-order valence-corrected chi connectivity index (χ0v) is 10.2. The molecule has 1 aromatic carbocycles. The standard InChI is InChI=1S/C13H19F2NO/c1-9(8-17-2)6-10(16)7-11-12(14)4-3-5-13(11)15/h3-5,9-10H,6-8,16H2,1-2H3. The molecule has 2 atom stereocenters. The van der Waals surface area contributed by atoms with Crippen LogP contribution in [0.4, 0.5) is 8.78 Å². The van der Waals surface area contributed by atoms with E-state index in [1.165, 1.54) is 18.2 Å². The minimum Gasteiger partial charge on any atom is -0.384 e. The third-order valence-electron chi connectivity index (χ3n) is 2.68. The van der Waals surface area contributed by atoms with E-state index < -0.39 is 11.6 Å². The highest BCUT2D eigenvalue weighted by molar-refractivity contribution is 5.20. The second-order valence-electron chi connectivity index (χ2n) is 4.46. The van der Waals surface area contributed by atoms with Crippen molar-refractivity contribution < 1.29 is 13.5 Å². The van der Waals surface area contributed by atoms with Crippen molar-refractivity contribution in [3.8, 4) is 0 Å². The van der Waals surface area contributed by atoms with Crippen LogP contribution >= 0.6 is 0 Å². The zero-order chi connectivity index (χ0) is 12.8. The Morgan fingerprint density at radius 1 is 1.29 bits per heavy atom. The van der Waals surface area contributed by atoms with Gasteiger partial charge in [-0.3, -0.25) is 0 Å². The first-order chi connectivity index (χ1) is 8.04. The van der Waals surface area contributed by atoms with Crippen molar-refractivity contribution in [2.75, 3.05) is 13.7 Å². The predicted molar refractivity (Wildman–Crippen MR) is 63.7 cm³/mol. The normalized spacial score (nSPS) is 14.6. The number of hydrogen-bond acceptors (Lipinski definition) is 2. The van der Waals surface area contributed by atoms with Crippen LogP contribution in [0.25, 0.3) is 0 Å². The Labute approximate surface area is 101 Å². The van der Waals surface area contributed by atoms with E-state index >= 15 is 0 Å². The summed E-state index contributed by atoms with van der Waals surface area (Å²) in [5.74, 6) is -0.774. The third kappa shape index (κ3) is 4.40. The average Bonchev–Trinajstić information content (AvgIpc) is 2.24. The van der Waals surface area contributed by atoms with Gasteiger partial charge in [-0.15, -0.1) is 0 Å². The molecule has 1 rings (SSSR count). The lowest BCUT2D eigenvalue weighted by molar-refractivity contribution is 0.152. The number of rotatable bonds is 6. The summed E-state index contributed by atoms with van der Waals surface area (Å²) in [7, 11) is 1.62. The van der Waals surface area contributed by atoms with E-state index in [9.17, 15) is 8.78 Å². The Hall–Kier alpha value is -1.00. The van der Waals surface area contributed by atoms with Crippen LogP contribution in [0, 0.1) is 17.6 Å². The molecule has 0 aliphatic rings. The lowest BCUT2D eigenvalue weighted by atomic mass is 9.97. The first-order valence-corrected chi connectivity index (χ1v) is 5.72. The molecular weight excluding hydrogens is 224 g/mol. The minimum absolute atomic E-state index is 0.0737. The molecule has 4 heteroatoms. The summed E-state index contributed by atoms with van der Waals surface area (Å²) in [5.41, 5.74) is 5.96.